The van der Waals surface area contributed by atoms with Gasteiger partial charge in [-0.1, -0.05) is 18.2 Å². The normalized spacial score (nSPS) is 10.9. The number of nitrogens with zero attached hydrogens (tertiary/aromatic N) is 2. The molecule has 6 nitrogen and oxygen atoms in total. The molecule has 3 rings (SSSR count). The molecule has 1 aromatic carbocycles. The molecule has 0 atom stereocenters. The maximum absolute atomic E-state index is 11.6. The molecule has 2 N–H and O–H groups in total. The molecule has 0 unspecified atom stereocenters. The second kappa shape index (κ2) is 3.69. The Balaban J connectivity index is 2.42. The number of rotatable bonds is 1. The van der Waals surface area contributed by atoms with Crippen molar-refractivity contribution in [2.45, 2.75) is 6.92 Å². The maximum atomic E-state index is 11.6. The van der Waals surface area contributed by atoms with E-state index in [0.29, 0.717) is 5.65 Å². The molecule has 0 aliphatic heterocycles. The predicted octanol–water partition coefficient (Wildman–Crippen LogP) is 0.711. The van der Waals surface area contributed by atoms with Gasteiger partial charge in [-0.25, -0.2) is 9.78 Å². The lowest BCUT2D eigenvalue weighted by Crippen LogP contribution is -2.22. The van der Waals surface area contributed by atoms with Crippen molar-refractivity contribution < 1.29 is 0 Å². The Hall–Kier alpha value is -2.63. The lowest BCUT2D eigenvalue weighted by Gasteiger charge is -2.06. The molecule has 3 aromatic rings. The highest BCUT2D eigenvalue weighted by molar-refractivity contribution is 5.71. The summed E-state index contributed by atoms with van der Waals surface area (Å²) >= 11 is 0. The van der Waals surface area contributed by atoms with Crippen molar-refractivity contribution in [3.63, 3.8) is 0 Å². The van der Waals surface area contributed by atoms with Gasteiger partial charge in [0.25, 0.3) is 5.56 Å². The van der Waals surface area contributed by atoms with Crippen LogP contribution in [-0.4, -0.2) is 19.5 Å². The van der Waals surface area contributed by atoms with E-state index in [0.717, 1.165) is 11.3 Å². The zero-order valence-corrected chi connectivity index (χ0v) is 9.60. The summed E-state index contributed by atoms with van der Waals surface area (Å²) in [6.45, 7) is 1.95. The highest BCUT2D eigenvalue weighted by atomic mass is 16.2. The molecule has 2 heterocycles. The first-order chi connectivity index (χ1) is 8.66. The summed E-state index contributed by atoms with van der Waals surface area (Å²) in [5.74, 6) is 0. The summed E-state index contributed by atoms with van der Waals surface area (Å²) in [5.41, 5.74) is 1.50. The number of nitrogens with one attached hydrogen (secondary N) is 2. The van der Waals surface area contributed by atoms with Crippen LogP contribution in [0.2, 0.25) is 0 Å². The number of fused-ring (bicyclic) bond motifs is 1. The molecule has 0 bridgehead atoms. The summed E-state index contributed by atoms with van der Waals surface area (Å²) < 4.78 is 1.70. The van der Waals surface area contributed by atoms with Gasteiger partial charge in [0, 0.05) is 0 Å². The monoisotopic (exact) mass is 242 g/mol. The first kappa shape index (κ1) is 10.5. The molecular formula is C12H10N4O2. The average molecular weight is 242 g/mol. The third kappa shape index (κ3) is 1.46. The van der Waals surface area contributed by atoms with E-state index in [9.17, 15) is 9.59 Å². The number of aromatic nitrogens is 4. The number of benzene rings is 1. The van der Waals surface area contributed by atoms with Crippen LogP contribution in [0, 0.1) is 6.92 Å². The zero-order valence-electron chi connectivity index (χ0n) is 9.60. The van der Waals surface area contributed by atoms with Gasteiger partial charge in [0.2, 0.25) is 0 Å². The van der Waals surface area contributed by atoms with E-state index in [4.69, 9.17) is 0 Å². The summed E-state index contributed by atoms with van der Waals surface area (Å²) in [7, 11) is 0. The molecule has 0 fully saturated rings. The van der Waals surface area contributed by atoms with Crippen LogP contribution in [-0.2, 0) is 0 Å². The summed E-state index contributed by atoms with van der Waals surface area (Å²) in [5, 5.41) is 0. The summed E-state index contributed by atoms with van der Waals surface area (Å²) in [4.78, 5) is 31.7. The van der Waals surface area contributed by atoms with E-state index in [1.165, 1.54) is 6.33 Å². The topological polar surface area (TPSA) is 83.5 Å². The largest absolute Gasteiger partial charge is 0.327 e. The SMILES string of the molecule is Cc1ccccc1-n1cnc2c(=O)[nH]c(=O)[nH]c21. The van der Waals surface area contributed by atoms with Crippen LogP contribution in [0.5, 0.6) is 0 Å². The van der Waals surface area contributed by atoms with E-state index in [1.807, 2.05) is 31.2 Å². The molecule has 2 aromatic heterocycles. The number of imidazole rings is 1. The highest BCUT2D eigenvalue weighted by Crippen LogP contribution is 2.16. The summed E-state index contributed by atoms with van der Waals surface area (Å²) in [6, 6.07) is 7.66. The minimum atomic E-state index is -0.539. The van der Waals surface area contributed by atoms with Crippen molar-refractivity contribution in [1.82, 2.24) is 19.5 Å². The molecule has 90 valence electrons. The molecular weight excluding hydrogens is 232 g/mol. The number of hydrogen-bond acceptors (Lipinski definition) is 3. The van der Waals surface area contributed by atoms with Crippen molar-refractivity contribution in [2.75, 3.05) is 0 Å². The Morgan fingerprint density at radius 3 is 2.72 bits per heavy atom. The molecule has 0 saturated carbocycles. The van der Waals surface area contributed by atoms with Crippen molar-refractivity contribution in [3.8, 4) is 5.69 Å². The fourth-order valence-electron chi connectivity index (χ4n) is 1.95. The van der Waals surface area contributed by atoms with Gasteiger partial charge in [-0.15, -0.1) is 0 Å². The number of para-hydroxylation sites is 1. The number of aryl methyl sites for hydroxylation is 1. The minimum absolute atomic E-state index is 0.220. The predicted molar refractivity (Wildman–Crippen MR) is 67.0 cm³/mol. The van der Waals surface area contributed by atoms with Gasteiger partial charge >= 0.3 is 5.69 Å². The molecule has 0 radical (unpaired) electrons. The van der Waals surface area contributed by atoms with Gasteiger partial charge in [-0.3, -0.25) is 19.3 Å². The molecule has 0 aliphatic rings. The van der Waals surface area contributed by atoms with Crippen LogP contribution in [0.4, 0.5) is 0 Å². The Bertz CT molecular complexity index is 841. The lowest BCUT2D eigenvalue weighted by molar-refractivity contribution is 1.01. The van der Waals surface area contributed by atoms with Gasteiger partial charge in [0.1, 0.15) is 6.33 Å². The van der Waals surface area contributed by atoms with Crippen LogP contribution in [0.25, 0.3) is 16.9 Å². The molecule has 0 aliphatic carbocycles. The number of aromatic amines is 2. The Labute approximate surface area is 101 Å². The third-order valence-corrected chi connectivity index (χ3v) is 2.82. The summed E-state index contributed by atoms with van der Waals surface area (Å²) in [6.07, 6.45) is 1.53. The Morgan fingerprint density at radius 1 is 1.17 bits per heavy atom. The second-order valence-corrected chi connectivity index (χ2v) is 4.01. The second-order valence-electron chi connectivity index (χ2n) is 4.01. The van der Waals surface area contributed by atoms with Crippen LogP contribution in [0.1, 0.15) is 5.56 Å². The minimum Gasteiger partial charge on any atom is -0.291 e. The molecule has 6 heteroatoms. The van der Waals surface area contributed by atoms with E-state index in [1.54, 1.807) is 4.57 Å². The van der Waals surface area contributed by atoms with E-state index in [2.05, 4.69) is 15.0 Å². The smallest absolute Gasteiger partial charge is 0.291 e. The maximum Gasteiger partial charge on any atom is 0.327 e. The fraction of sp³-hybridized carbons (Fsp3) is 0.0833. The molecule has 0 amide bonds. The van der Waals surface area contributed by atoms with Crippen LogP contribution < -0.4 is 11.2 Å². The van der Waals surface area contributed by atoms with Crippen molar-refractivity contribution in [3.05, 3.63) is 57.0 Å². The molecule has 0 saturated heterocycles. The van der Waals surface area contributed by atoms with Crippen molar-refractivity contribution >= 4 is 11.2 Å². The van der Waals surface area contributed by atoms with Gasteiger partial charge in [-0.2, -0.15) is 0 Å². The highest BCUT2D eigenvalue weighted by Gasteiger charge is 2.10. The van der Waals surface area contributed by atoms with E-state index < -0.39 is 11.2 Å². The zero-order chi connectivity index (χ0) is 12.7. The number of hydrogen-bond donors (Lipinski definition) is 2. The Morgan fingerprint density at radius 2 is 1.94 bits per heavy atom. The standard InChI is InChI=1S/C12H10N4O2/c1-7-4-2-3-5-8(7)16-6-13-9-10(16)14-12(18)15-11(9)17/h2-6H,1H3,(H2,14,15,17,18). The van der Waals surface area contributed by atoms with Crippen LogP contribution in [0.3, 0.4) is 0 Å². The van der Waals surface area contributed by atoms with Gasteiger partial charge in [-0.05, 0) is 18.6 Å². The number of H-pyrrole nitrogens is 2. The fourth-order valence-corrected chi connectivity index (χ4v) is 1.95. The lowest BCUT2D eigenvalue weighted by atomic mass is 10.2. The third-order valence-electron chi connectivity index (χ3n) is 2.82. The van der Waals surface area contributed by atoms with Crippen LogP contribution >= 0.6 is 0 Å². The van der Waals surface area contributed by atoms with Crippen molar-refractivity contribution in [2.24, 2.45) is 0 Å². The van der Waals surface area contributed by atoms with Gasteiger partial charge < -0.3 is 0 Å². The van der Waals surface area contributed by atoms with Gasteiger partial charge in [0.05, 0.1) is 5.69 Å². The Kier molecular flexibility index (Phi) is 2.16. The quantitative estimate of drug-likeness (QED) is 0.659. The molecule has 0 spiro atoms. The average Bonchev–Trinajstić information content (AvgIpc) is 2.73. The van der Waals surface area contributed by atoms with Gasteiger partial charge in [0.15, 0.2) is 11.2 Å². The molecule has 18 heavy (non-hydrogen) atoms. The van der Waals surface area contributed by atoms with E-state index >= 15 is 0 Å². The van der Waals surface area contributed by atoms with Crippen molar-refractivity contribution in [1.29, 1.82) is 0 Å². The first-order valence-corrected chi connectivity index (χ1v) is 5.42. The van der Waals surface area contributed by atoms with E-state index in [-0.39, 0.29) is 5.52 Å². The first-order valence-electron chi connectivity index (χ1n) is 5.42. The van der Waals surface area contributed by atoms with Crippen LogP contribution in [0.15, 0.2) is 40.2 Å².